The van der Waals surface area contributed by atoms with Crippen molar-refractivity contribution >= 4 is 35.4 Å². The fourth-order valence-electron chi connectivity index (χ4n) is 1.33. The van der Waals surface area contributed by atoms with Crippen LogP contribution in [0.3, 0.4) is 0 Å². The van der Waals surface area contributed by atoms with Crippen molar-refractivity contribution in [2.75, 3.05) is 17.3 Å². The van der Waals surface area contributed by atoms with Gasteiger partial charge in [0, 0.05) is 22.8 Å². The van der Waals surface area contributed by atoms with E-state index in [4.69, 9.17) is 0 Å². The van der Waals surface area contributed by atoms with E-state index in [1.54, 1.807) is 18.7 Å². The van der Waals surface area contributed by atoms with Crippen LogP contribution in [0.4, 0.5) is 0 Å². The summed E-state index contributed by atoms with van der Waals surface area (Å²) in [4.78, 5) is 33.4. The average molecular weight is 263 g/mol. The van der Waals surface area contributed by atoms with Crippen molar-refractivity contribution < 1.29 is 19.5 Å². The minimum atomic E-state index is -1.22. The molecule has 0 bridgehead atoms. The van der Waals surface area contributed by atoms with Gasteiger partial charge < -0.3 is 9.90 Å². The van der Waals surface area contributed by atoms with Crippen LogP contribution < -0.4 is 5.11 Å². The second-order valence-corrected chi connectivity index (χ2v) is 5.99. The van der Waals surface area contributed by atoms with Gasteiger partial charge in [0.1, 0.15) is 5.25 Å². The number of nitroso groups, excluding NO2 is 1. The van der Waals surface area contributed by atoms with Gasteiger partial charge in [0.25, 0.3) is 0 Å². The second kappa shape index (κ2) is 6.24. The number of rotatable bonds is 5. The van der Waals surface area contributed by atoms with Crippen molar-refractivity contribution in [3.63, 3.8) is 0 Å². The summed E-state index contributed by atoms with van der Waals surface area (Å²) in [5, 5.41) is 9.59. The maximum absolute atomic E-state index is 11.6. The highest BCUT2D eigenvalue weighted by molar-refractivity contribution is 8.01. The lowest BCUT2D eigenvalue weighted by Gasteiger charge is -2.06. The molecule has 0 spiro atoms. The standard InChI is InChI=1S/C9H13NO4S2/c1-6(16-5-8(11)12)9(13)10(14)7-2-3-15-4-7/h6-7H,2-5H2,1H3. The van der Waals surface area contributed by atoms with Crippen molar-refractivity contribution in [2.24, 2.45) is 0 Å². The van der Waals surface area contributed by atoms with Crippen molar-refractivity contribution in [2.45, 2.75) is 24.6 Å². The Morgan fingerprint density at radius 3 is 2.81 bits per heavy atom. The highest BCUT2D eigenvalue weighted by atomic mass is 32.2. The van der Waals surface area contributed by atoms with Gasteiger partial charge in [0.15, 0.2) is 0 Å². The normalized spacial score (nSPS) is 21.7. The van der Waals surface area contributed by atoms with E-state index in [2.05, 4.69) is 0 Å². The molecular formula is C9H13NO4S2. The molecule has 1 amide bonds. The average Bonchev–Trinajstić information content (AvgIpc) is 2.77. The molecule has 1 rings (SSSR count). The largest absolute Gasteiger partial charge is 0.549 e. The molecule has 0 aromatic rings. The van der Waals surface area contributed by atoms with E-state index in [1.807, 2.05) is 0 Å². The van der Waals surface area contributed by atoms with E-state index in [1.165, 1.54) is 0 Å². The molecule has 1 saturated heterocycles. The lowest BCUT2D eigenvalue weighted by atomic mass is 10.2. The van der Waals surface area contributed by atoms with E-state index in [9.17, 15) is 19.6 Å². The molecule has 0 aliphatic carbocycles. The molecule has 2 atom stereocenters. The van der Waals surface area contributed by atoms with Crippen LogP contribution in [0.1, 0.15) is 13.3 Å². The number of hydrogen-bond donors (Lipinski definition) is 0. The molecule has 2 unspecified atom stereocenters. The predicted octanol–water partition coefficient (Wildman–Crippen LogP) is -0.331. The third-order valence-electron chi connectivity index (χ3n) is 2.25. The number of hydrogen-bond acceptors (Lipinski definition) is 6. The Morgan fingerprint density at radius 1 is 1.62 bits per heavy atom. The van der Waals surface area contributed by atoms with Crippen LogP contribution in [0.5, 0.6) is 0 Å². The molecule has 7 heteroatoms. The van der Waals surface area contributed by atoms with E-state index < -0.39 is 17.1 Å². The highest BCUT2D eigenvalue weighted by Crippen LogP contribution is 2.21. The van der Waals surface area contributed by atoms with Gasteiger partial charge in [-0.25, -0.2) is 4.79 Å². The predicted molar refractivity (Wildman–Crippen MR) is 61.3 cm³/mol. The topological polar surface area (TPSA) is 77.3 Å². The van der Waals surface area contributed by atoms with E-state index in [-0.39, 0.29) is 11.8 Å². The molecule has 16 heavy (non-hydrogen) atoms. The molecule has 1 fully saturated rings. The number of carbonyl (C=O) groups excluding carboxylic acids is 2. The lowest BCUT2D eigenvalue weighted by Crippen LogP contribution is -2.35. The van der Waals surface area contributed by atoms with Crippen LogP contribution in [-0.2, 0) is 9.59 Å². The third-order valence-corrected chi connectivity index (χ3v) is 4.50. The number of carbonyl (C=O) groups is 2. The van der Waals surface area contributed by atoms with Crippen LogP contribution in [0, 0.1) is 4.91 Å². The molecule has 1 aliphatic heterocycles. The summed E-state index contributed by atoms with van der Waals surface area (Å²) in [5.74, 6) is -0.456. The van der Waals surface area contributed by atoms with Gasteiger partial charge in [-0.3, -0.25) is 0 Å². The van der Waals surface area contributed by atoms with Gasteiger partial charge in [-0.2, -0.15) is 11.8 Å². The summed E-state index contributed by atoms with van der Waals surface area (Å²) in [6.07, 6.45) is 0.720. The Morgan fingerprint density at radius 2 is 2.31 bits per heavy atom. The first-order valence-corrected chi connectivity index (χ1v) is 7.12. The Balaban J connectivity index is 2.42. The molecule has 0 saturated carbocycles. The summed E-state index contributed by atoms with van der Waals surface area (Å²) in [7, 11) is 0. The zero-order chi connectivity index (χ0) is 12.1. The van der Waals surface area contributed by atoms with Gasteiger partial charge in [-0.15, -0.1) is 11.8 Å². The molecule has 0 N–H and O–H groups in total. The molecular weight excluding hydrogens is 250 g/mol. The zero-order valence-electron chi connectivity index (χ0n) is 8.88. The molecule has 0 aromatic heterocycles. The zero-order valence-corrected chi connectivity index (χ0v) is 10.5. The quantitative estimate of drug-likeness (QED) is 0.632. The van der Waals surface area contributed by atoms with Gasteiger partial charge in [0.05, 0.1) is 16.5 Å². The van der Waals surface area contributed by atoms with Crippen LogP contribution >= 0.6 is 23.5 Å². The number of nitrogens with zero attached hydrogens (tertiary/aromatic N) is 1. The van der Waals surface area contributed by atoms with Crippen molar-refractivity contribution in [1.29, 1.82) is 0 Å². The van der Waals surface area contributed by atoms with E-state index in [0.29, 0.717) is 10.5 Å². The lowest BCUT2D eigenvalue weighted by molar-refractivity contribution is -0.501. The number of carboxylic acids is 1. The van der Waals surface area contributed by atoms with Crippen molar-refractivity contribution in [1.82, 2.24) is 0 Å². The highest BCUT2D eigenvalue weighted by Gasteiger charge is 2.38. The molecule has 5 nitrogen and oxygen atoms in total. The van der Waals surface area contributed by atoms with E-state index >= 15 is 0 Å². The van der Waals surface area contributed by atoms with Crippen LogP contribution in [0.15, 0.2) is 0 Å². The Bertz CT molecular complexity index is 302. The SMILES string of the molecule is CC(SCC(=O)[O-])C(=O)[N+](=O)C1CCSC1. The van der Waals surface area contributed by atoms with Gasteiger partial charge in [-0.05, 0) is 6.92 Å². The maximum atomic E-state index is 11.6. The first kappa shape index (κ1) is 13.5. The minimum Gasteiger partial charge on any atom is -0.549 e. The Labute approximate surface area is 102 Å². The molecule has 1 aliphatic rings. The number of carboxylic acid groups (broad SMARTS) is 1. The van der Waals surface area contributed by atoms with Gasteiger partial charge in [0.2, 0.25) is 6.04 Å². The second-order valence-electron chi connectivity index (χ2n) is 3.51. The molecule has 90 valence electrons. The number of aliphatic carboxylic acids is 1. The monoisotopic (exact) mass is 263 g/mol. The minimum absolute atomic E-state index is 0.247. The number of amides is 1. The van der Waals surface area contributed by atoms with Gasteiger partial charge in [-0.1, -0.05) is 0 Å². The first-order valence-electron chi connectivity index (χ1n) is 4.91. The van der Waals surface area contributed by atoms with E-state index in [0.717, 1.165) is 23.9 Å². The molecule has 1 heterocycles. The third kappa shape index (κ3) is 3.79. The fraction of sp³-hybridized carbons (Fsp3) is 0.778. The van der Waals surface area contributed by atoms with Crippen molar-refractivity contribution in [3.8, 4) is 0 Å². The summed E-state index contributed by atoms with van der Waals surface area (Å²) in [6.45, 7) is 1.54. The maximum Gasteiger partial charge on any atom is 0.445 e. The first-order chi connectivity index (χ1) is 7.52. The van der Waals surface area contributed by atoms with Crippen LogP contribution in [-0.4, -0.2) is 45.2 Å². The molecule has 0 aromatic carbocycles. The molecule has 0 radical (unpaired) electrons. The van der Waals surface area contributed by atoms with Crippen LogP contribution in [0.25, 0.3) is 0 Å². The Kier molecular flexibility index (Phi) is 5.27. The summed E-state index contributed by atoms with van der Waals surface area (Å²) in [6, 6.07) is -0.247. The smallest absolute Gasteiger partial charge is 0.445 e. The summed E-state index contributed by atoms with van der Waals surface area (Å²) >= 11 is 2.57. The summed E-state index contributed by atoms with van der Waals surface area (Å²) < 4.78 is 0.507. The van der Waals surface area contributed by atoms with Crippen molar-refractivity contribution in [3.05, 3.63) is 4.91 Å². The summed E-state index contributed by atoms with van der Waals surface area (Å²) in [5.41, 5.74) is 0. The number of thioether (sulfide) groups is 2. The van der Waals surface area contributed by atoms with Crippen LogP contribution in [0.2, 0.25) is 0 Å². The van der Waals surface area contributed by atoms with Gasteiger partial charge >= 0.3 is 5.91 Å². The fourth-order valence-corrected chi connectivity index (χ4v) is 3.14. The Hall–Kier alpha value is -0.560.